The van der Waals surface area contributed by atoms with E-state index in [-0.39, 0.29) is 5.41 Å². The Labute approximate surface area is 300 Å². The van der Waals surface area contributed by atoms with Crippen LogP contribution in [-0.4, -0.2) is 0 Å². The van der Waals surface area contributed by atoms with E-state index in [1.165, 1.54) is 92.6 Å². The van der Waals surface area contributed by atoms with Crippen LogP contribution in [0.15, 0.2) is 146 Å². The monoisotopic (exact) mass is 655 g/mol. The summed E-state index contributed by atoms with van der Waals surface area (Å²) in [5.41, 5.74) is 13.4. The van der Waals surface area contributed by atoms with Crippen LogP contribution >= 0.6 is 0 Å². The van der Waals surface area contributed by atoms with Crippen LogP contribution in [-0.2, 0) is 5.41 Å². The van der Waals surface area contributed by atoms with Crippen molar-refractivity contribution in [3.8, 4) is 11.1 Å². The highest BCUT2D eigenvalue weighted by atomic mass is 15.1. The minimum absolute atomic E-state index is 0.195. The predicted molar refractivity (Wildman–Crippen MR) is 211 cm³/mol. The molecule has 2 spiro atoms. The molecule has 12 rings (SSSR count). The molecule has 6 aliphatic rings. The number of benzene rings is 6. The van der Waals surface area contributed by atoms with Crippen molar-refractivity contribution in [2.75, 3.05) is 4.90 Å². The van der Waals surface area contributed by atoms with Gasteiger partial charge in [-0.1, -0.05) is 121 Å². The number of allylic oxidation sites excluding steroid dienone is 2. The van der Waals surface area contributed by atoms with Crippen LogP contribution in [0.5, 0.6) is 0 Å². The van der Waals surface area contributed by atoms with E-state index in [0.29, 0.717) is 5.41 Å². The first-order chi connectivity index (χ1) is 25.2. The molecule has 51 heavy (non-hydrogen) atoms. The number of nitrogens with zero attached hydrogens (tertiary/aromatic N) is 1. The van der Waals surface area contributed by atoms with Crippen molar-refractivity contribution in [1.29, 1.82) is 0 Å². The normalized spacial score (nSPS) is 28.5. The van der Waals surface area contributed by atoms with Gasteiger partial charge in [0.1, 0.15) is 0 Å². The molecule has 0 heterocycles. The standard InChI is InChI=1S/C50H41N/c1-4-14-40-33(10-1)11-2-5-15-41(40)35-20-22-38(23-21-35)51(47-19-9-13-34-12-3-6-16-42(34)47)39-24-25-46-44(29-39)43-17-7-8-18-45(43)50(46)37-27-32-26-36-28-48(50)49(36,30-32)31-37/h1-14,16-25,29,32,36-37,48H,15,26-28,30-31H2. The maximum Gasteiger partial charge on any atom is 0.0540 e. The van der Waals surface area contributed by atoms with Gasteiger partial charge in [-0.15, -0.1) is 0 Å². The first-order valence-electron chi connectivity index (χ1n) is 19.3. The Morgan fingerprint density at radius 3 is 2.35 bits per heavy atom. The first kappa shape index (κ1) is 28.5. The molecular weight excluding hydrogens is 615 g/mol. The van der Waals surface area contributed by atoms with Crippen LogP contribution in [0.2, 0.25) is 0 Å². The lowest BCUT2D eigenvalue weighted by Gasteiger charge is -2.54. The third kappa shape index (κ3) is 3.67. The lowest BCUT2D eigenvalue weighted by molar-refractivity contribution is -0.0193. The Hall–Kier alpha value is -5.14. The summed E-state index contributed by atoms with van der Waals surface area (Å²) in [5.74, 6) is 3.53. The summed E-state index contributed by atoms with van der Waals surface area (Å²) in [6.45, 7) is 0. The Kier molecular flexibility index (Phi) is 5.72. The summed E-state index contributed by atoms with van der Waals surface area (Å²) in [6, 6.07) is 51.0. The molecule has 246 valence electrons. The van der Waals surface area contributed by atoms with Gasteiger partial charge in [0.25, 0.3) is 0 Å². The van der Waals surface area contributed by atoms with Gasteiger partial charge < -0.3 is 4.90 Å². The van der Waals surface area contributed by atoms with Crippen LogP contribution in [0.3, 0.4) is 0 Å². The molecular formula is C50H41N. The second-order valence-corrected chi connectivity index (χ2v) is 16.6. The predicted octanol–water partition coefficient (Wildman–Crippen LogP) is 11.0. The van der Waals surface area contributed by atoms with E-state index >= 15 is 0 Å². The first-order valence-corrected chi connectivity index (χ1v) is 19.3. The molecule has 6 aliphatic carbocycles. The van der Waals surface area contributed by atoms with E-state index in [9.17, 15) is 0 Å². The Bertz CT molecular complexity index is 2590. The lowest BCUT2D eigenvalue weighted by atomic mass is 9.49. The van der Waals surface area contributed by atoms with Gasteiger partial charge in [-0.3, -0.25) is 0 Å². The molecule has 0 aromatic heterocycles. The van der Waals surface area contributed by atoms with Crippen molar-refractivity contribution in [3.05, 3.63) is 173 Å². The molecule has 0 saturated heterocycles. The second-order valence-electron chi connectivity index (χ2n) is 16.6. The number of hydrogen-bond acceptors (Lipinski definition) is 1. The molecule has 6 aromatic carbocycles. The Morgan fingerprint density at radius 1 is 0.608 bits per heavy atom. The fourth-order valence-corrected chi connectivity index (χ4v) is 12.9. The summed E-state index contributed by atoms with van der Waals surface area (Å²) in [6.07, 6.45) is 15.0. The lowest BCUT2D eigenvalue weighted by Crippen LogP contribution is -2.50. The molecule has 6 unspecified atom stereocenters. The minimum Gasteiger partial charge on any atom is -0.310 e. The molecule has 0 radical (unpaired) electrons. The van der Waals surface area contributed by atoms with Gasteiger partial charge in [-0.25, -0.2) is 0 Å². The summed E-state index contributed by atoms with van der Waals surface area (Å²) in [4.78, 5) is 2.52. The van der Waals surface area contributed by atoms with E-state index in [1.54, 1.807) is 11.1 Å². The summed E-state index contributed by atoms with van der Waals surface area (Å²) >= 11 is 0. The average molecular weight is 656 g/mol. The zero-order valence-electron chi connectivity index (χ0n) is 28.9. The largest absolute Gasteiger partial charge is 0.310 e. The van der Waals surface area contributed by atoms with Gasteiger partial charge in [0, 0.05) is 22.2 Å². The SMILES string of the molecule is C1=CCC(c2ccc(N(c3ccc4c(c3)-c3ccccc3C43C4CC5CC6CC3C6(C5)C4)c3cccc4ccccc34)cc2)=c2ccccc2=C1. The maximum absolute atomic E-state index is 2.58. The van der Waals surface area contributed by atoms with E-state index < -0.39 is 0 Å². The fraction of sp³-hybridized carbons (Fsp3) is 0.240. The van der Waals surface area contributed by atoms with Crippen LogP contribution in [0, 0.1) is 29.1 Å². The molecule has 6 aromatic rings. The van der Waals surface area contributed by atoms with Gasteiger partial charge in [0.2, 0.25) is 0 Å². The molecule has 0 N–H and O–H groups in total. The third-order valence-electron chi connectivity index (χ3n) is 14.6. The number of fused-ring (bicyclic) bond motifs is 11. The molecule has 3 bridgehead atoms. The smallest absolute Gasteiger partial charge is 0.0540 e. The van der Waals surface area contributed by atoms with Crippen molar-refractivity contribution in [3.63, 3.8) is 0 Å². The summed E-state index contributed by atoms with van der Waals surface area (Å²) in [7, 11) is 0. The van der Waals surface area contributed by atoms with Crippen molar-refractivity contribution in [2.45, 2.75) is 43.9 Å². The molecule has 1 heteroatoms. The van der Waals surface area contributed by atoms with Gasteiger partial charge >= 0.3 is 0 Å². The molecule has 4 saturated carbocycles. The third-order valence-corrected chi connectivity index (χ3v) is 14.6. The Balaban J connectivity index is 1.04. The van der Waals surface area contributed by atoms with Crippen molar-refractivity contribution in [2.24, 2.45) is 29.1 Å². The number of hydrogen-bond donors (Lipinski definition) is 0. The summed E-state index contributed by atoms with van der Waals surface area (Å²) in [5, 5.41) is 5.15. The van der Waals surface area contributed by atoms with Crippen molar-refractivity contribution < 1.29 is 0 Å². The molecule has 0 aliphatic heterocycles. The number of anilines is 3. The van der Waals surface area contributed by atoms with Crippen LogP contribution in [0.4, 0.5) is 17.1 Å². The van der Waals surface area contributed by atoms with E-state index in [2.05, 4.69) is 157 Å². The highest BCUT2D eigenvalue weighted by Crippen LogP contribution is 2.83. The van der Waals surface area contributed by atoms with Gasteiger partial charge in [0.05, 0.1) is 5.69 Å². The zero-order valence-corrected chi connectivity index (χ0v) is 28.9. The zero-order chi connectivity index (χ0) is 33.3. The van der Waals surface area contributed by atoms with Gasteiger partial charge in [-0.2, -0.15) is 0 Å². The fourth-order valence-electron chi connectivity index (χ4n) is 12.9. The molecule has 1 nitrogen and oxygen atoms in total. The minimum atomic E-state index is 0.195. The number of rotatable bonds is 4. The van der Waals surface area contributed by atoms with Crippen molar-refractivity contribution >= 4 is 39.5 Å². The molecule has 4 fully saturated rings. The second kappa shape index (κ2) is 10.2. The molecule has 0 amide bonds. The van der Waals surface area contributed by atoms with Gasteiger partial charge in [0.15, 0.2) is 0 Å². The van der Waals surface area contributed by atoms with Crippen molar-refractivity contribution in [1.82, 2.24) is 0 Å². The summed E-state index contributed by atoms with van der Waals surface area (Å²) < 4.78 is 0. The van der Waals surface area contributed by atoms with E-state index in [1.807, 2.05) is 0 Å². The molecule has 6 atom stereocenters. The maximum atomic E-state index is 2.58. The Morgan fingerprint density at radius 2 is 1.39 bits per heavy atom. The van der Waals surface area contributed by atoms with Crippen LogP contribution in [0.25, 0.3) is 33.5 Å². The quantitative estimate of drug-likeness (QED) is 0.183. The van der Waals surface area contributed by atoms with E-state index in [0.717, 1.165) is 30.1 Å². The van der Waals surface area contributed by atoms with E-state index in [4.69, 9.17) is 0 Å². The topological polar surface area (TPSA) is 3.24 Å². The van der Waals surface area contributed by atoms with Gasteiger partial charge in [-0.05, 0) is 147 Å². The van der Waals surface area contributed by atoms with Crippen LogP contribution in [0.1, 0.15) is 55.2 Å². The average Bonchev–Trinajstić information content (AvgIpc) is 3.51. The highest BCUT2D eigenvalue weighted by molar-refractivity contribution is 5.99. The van der Waals surface area contributed by atoms with Crippen LogP contribution < -0.4 is 15.3 Å². The highest BCUT2D eigenvalue weighted by Gasteiger charge is 2.76.